The van der Waals surface area contributed by atoms with Gasteiger partial charge in [0.05, 0.1) is 22.4 Å². The predicted molar refractivity (Wildman–Crippen MR) is 144 cm³/mol. The van der Waals surface area contributed by atoms with E-state index in [2.05, 4.69) is 0 Å². The van der Waals surface area contributed by atoms with Crippen LogP contribution in [0.2, 0.25) is 5.02 Å². The summed E-state index contributed by atoms with van der Waals surface area (Å²) in [5.74, 6) is -3.18. The smallest absolute Gasteiger partial charge is 0.353 e. The van der Waals surface area contributed by atoms with Crippen molar-refractivity contribution in [3.8, 4) is 5.75 Å². The second kappa shape index (κ2) is 11.1. The van der Waals surface area contributed by atoms with Crippen LogP contribution in [0.15, 0.2) is 66.0 Å². The van der Waals surface area contributed by atoms with Crippen LogP contribution in [0.25, 0.3) is 0 Å². The molecule has 1 saturated carbocycles. The van der Waals surface area contributed by atoms with Crippen LogP contribution in [0, 0.1) is 17.8 Å². The van der Waals surface area contributed by atoms with E-state index in [-0.39, 0.29) is 27.8 Å². The number of halogens is 1. The Morgan fingerprint density at radius 1 is 0.974 bits per heavy atom. The van der Waals surface area contributed by atoms with Crippen LogP contribution in [-0.2, 0) is 9.59 Å². The van der Waals surface area contributed by atoms with Crippen molar-refractivity contribution in [1.29, 1.82) is 0 Å². The number of ketones is 1. The molecule has 39 heavy (non-hydrogen) atoms. The van der Waals surface area contributed by atoms with E-state index >= 15 is 0 Å². The highest BCUT2D eigenvalue weighted by molar-refractivity contribution is 7.12. The van der Waals surface area contributed by atoms with Gasteiger partial charge in [-0.1, -0.05) is 36.7 Å². The standard InChI is InChI=1S/C29H25ClN2O6S/c1-17-8-13-20-22(15-17)28(36)32(27(20)35)31(26(34)21-5-2-3-6-23(21)30)16-24(33)18-9-11-19(12-10-18)38-29(37)25-7-4-14-39-25/h2-7,9-12,14,17,20,22H,8,13,15-16H2,1H3/t17-,20+,22-/m1/s1. The number of fused-ring (bicyclic) bond motifs is 1. The quantitative estimate of drug-likeness (QED) is 0.167. The summed E-state index contributed by atoms with van der Waals surface area (Å²) in [5.41, 5.74) is 0.291. The van der Waals surface area contributed by atoms with Crippen LogP contribution >= 0.6 is 22.9 Å². The number of Topliss-reactive ketones (excluding diaryl/α,β-unsaturated/α-hetero) is 1. The van der Waals surface area contributed by atoms with Crippen molar-refractivity contribution in [2.24, 2.45) is 17.8 Å². The zero-order chi connectivity index (χ0) is 27.7. The summed E-state index contributed by atoms with van der Waals surface area (Å²) in [6, 6.07) is 15.5. The van der Waals surface area contributed by atoms with Crippen molar-refractivity contribution >= 4 is 52.4 Å². The van der Waals surface area contributed by atoms with E-state index < -0.39 is 47.9 Å². The molecule has 10 heteroatoms. The summed E-state index contributed by atoms with van der Waals surface area (Å²) >= 11 is 7.52. The second-order valence-electron chi connectivity index (χ2n) is 9.78. The SMILES string of the molecule is C[C@@H]1CC[C@@H]2C(=O)N(N(CC(=O)c3ccc(OC(=O)c4cccs4)cc3)C(=O)c3ccccc3Cl)C(=O)[C@@H]2C1. The highest BCUT2D eigenvalue weighted by Gasteiger charge is 2.53. The summed E-state index contributed by atoms with van der Waals surface area (Å²) in [7, 11) is 0. The van der Waals surface area contributed by atoms with Gasteiger partial charge in [0.25, 0.3) is 17.7 Å². The number of hydrogen-bond donors (Lipinski definition) is 0. The Morgan fingerprint density at radius 2 is 1.69 bits per heavy atom. The van der Waals surface area contributed by atoms with E-state index in [4.69, 9.17) is 16.3 Å². The van der Waals surface area contributed by atoms with E-state index in [0.717, 1.165) is 16.4 Å². The number of rotatable bonds is 7. The molecule has 0 spiro atoms. The molecule has 2 fully saturated rings. The summed E-state index contributed by atoms with van der Waals surface area (Å²) in [6.07, 6.45) is 1.93. The van der Waals surface area contributed by atoms with Crippen molar-refractivity contribution in [3.63, 3.8) is 0 Å². The summed E-state index contributed by atoms with van der Waals surface area (Å²) in [4.78, 5) is 66.5. The Labute approximate surface area is 234 Å². The third-order valence-corrected chi connectivity index (χ3v) is 8.33. The van der Waals surface area contributed by atoms with Crippen LogP contribution < -0.4 is 4.74 Å². The maximum Gasteiger partial charge on any atom is 0.353 e. The molecule has 1 saturated heterocycles. The normalized spacial score (nSPS) is 20.5. The van der Waals surface area contributed by atoms with Gasteiger partial charge in [0.2, 0.25) is 0 Å². The van der Waals surface area contributed by atoms with Crippen molar-refractivity contribution in [2.75, 3.05) is 6.54 Å². The molecule has 200 valence electrons. The van der Waals surface area contributed by atoms with Gasteiger partial charge < -0.3 is 4.74 Å². The average molecular weight is 565 g/mol. The number of benzene rings is 2. The van der Waals surface area contributed by atoms with Gasteiger partial charge in [-0.3, -0.25) is 19.2 Å². The van der Waals surface area contributed by atoms with Crippen LogP contribution in [-0.4, -0.2) is 46.0 Å². The number of nitrogens with zero attached hydrogens (tertiary/aromatic N) is 2. The van der Waals surface area contributed by atoms with Crippen molar-refractivity contribution in [1.82, 2.24) is 10.0 Å². The maximum atomic E-state index is 13.7. The van der Waals surface area contributed by atoms with Gasteiger partial charge in [0.15, 0.2) is 5.78 Å². The van der Waals surface area contributed by atoms with Crippen molar-refractivity contribution in [3.05, 3.63) is 87.1 Å². The summed E-state index contributed by atoms with van der Waals surface area (Å²) < 4.78 is 5.34. The number of hydrazine groups is 1. The lowest BCUT2D eigenvalue weighted by Crippen LogP contribution is -2.52. The van der Waals surface area contributed by atoms with Gasteiger partial charge in [-0.05, 0) is 73.0 Å². The van der Waals surface area contributed by atoms with Crippen LogP contribution in [0.5, 0.6) is 5.75 Å². The van der Waals surface area contributed by atoms with Gasteiger partial charge in [0, 0.05) is 5.56 Å². The monoisotopic (exact) mass is 564 g/mol. The number of carbonyl (C=O) groups is 5. The highest BCUT2D eigenvalue weighted by atomic mass is 35.5. The molecule has 2 aliphatic rings. The lowest BCUT2D eigenvalue weighted by molar-refractivity contribution is -0.154. The average Bonchev–Trinajstić information content (AvgIpc) is 3.55. The minimum Gasteiger partial charge on any atom is -0.422 e. The zero-order valence-corrected chi connectivity index (χ0v) is 22.6. The van der Waals surface area contributed by atoms with Crippen LogP contribution in [0.4, 0.5) is 0 Å². The first-order valence-electron chi connectivity index (χ1n) is 12.6. The fraction of sp³-hybridized carbons (Fsp3) is 0.276. The molecule has 3 atom stereocenters. The van der Waals surface area contributed by atoms with E-state index in [1.807, 2.05) is 6.92 Å². The number of imide groups is 1. The molecule has 1 aliphatic carbocycles. The fourth-order valence-corrected chi connectivity index (χ4v) is 5.92. The third kappa shape index (κ3) is 5.37. The number of hydrogen-bond acceptors (Lipinski definition) is 7. The zero-order valence-electron chi connectivity index (χ0n) is 21.0. The minimum absolute atomic E-state index is 0.0756. The third-order valence-electron chi connectivity index (χ3n) is 7.15. The summed E-state index contributed by atoms with van der Waals surface area (Å²) in [6.45, 7) is 1.49. The number of amides is 3. The van der Waals surface area contributed by atoms with E-state index in [1.165, 1.54) is 47.7 Å². The molecule has 0 radical (unpaired) electrons. The van der Waals surface area contributed by atoms with Crippen molar-refractivity contribution in [2.45, 2.75) is 26.2 Å². The van der Waals surface area contributed by atoms with Crippen molar-refractivity contribution < 1.29 is 28.7 Å². The van der Waals surface area contributed by atoms with Gasteiger partial charge in [-0.25, -0.2) is 9.80 Å². The van der Waals surface area contributed by atoms with Crippen LogP contribution in [0.1, 0.15) is 56.6 Å². The molecular weight excluding hydrogens is 540 g/mol. The first-order chi connectivity index (χ1) is 18.7. The molecule has 3 aromatic rings. The Bertz CT molecular complexity index is 1440. The summed E-state index contributed by atoms with van der Waals surface area (Å²) in [5, 5.41) is 3.68. The number of thiophene rings is 1. The predicted octanol–water partition coefficient (Wildman–Crippen LogP) is 5.28. The number of ether oxygens (including phenoxy) is 1. The second-order valence-corrected chi connectivity index (χ2v) is 11.1. The molecular formula is C29H25ClN2O6S. The molecule has 2 aromatic carbocycles. The topological polar surface area (TPSA) is 101 Å². The molecule has 0 bridgehead atoms. The first-order valence-corrected chi connectivity index (χ1v) is 13.8. The number of carbonyl (C=O) groups excluding carboxylic acids is 5. The first kappa shape index (κ1) is 26.8. The Kier molecular flexibility index (Phi) is 7.63. The molecule has 8 nitrogen and oxygen atoms in total. The van der Waals surface area contributed by atoms with Gasteiger partial charge in [0.1, 0.15) is 17.2 Å². The lowest BCUT2D eigenvalue weighted by Gasteiger charge is -2.30. The van der Waals surface area contributed by atoms with Gasteiger partial charge >= 0.3 is 5.97 Å². The fourth-order valence-electron chi connectivity index (χ4n) is 5.11. The molecule has 0 unspecified atom stereocenters. The lowest BCUT2D eigenvalue weighted by atomic mass is 9.76. The maximum absolute atomic E-state index is 13.7. The Morgan fingerprint density at radius 3 is 2.38 bits per heavy atom. The highest BCUT2D eigenvalue weighted by Crippen LogP contribution is 2.41. The number of esters is 1. The Hall–Kier alpha value is -3.82. The van der Waals surface area contributed by atoms with Gasteiger partial charge in [-0.2, -0.15) is 5.01 Å². The largest absolute Gasteiger partial charge is 0.422 e. The molecule has 5 rings (SSSR count). The van der Waals surface area contributed by atoms with Crippen LogP contribution in [0.3, 0.4) is 0 Å². The minimum atomic E-state index is -0.719. The Balaban J connectivity index is 1.40. The molecule has 1 aromatic heterocycles. The van der Waals surface area contributed by atoms with E-state index in [1.54, 1.807) is 29.6 Å². The molecule has 3 amide bonds. The van der Waals surface area contributed by atoms with E-state index in [9.17, 15) is 24.0 Å². The molecule has 1 aliphatic heterocycles. The molecule has 0 N–H and O–H groups in total. The van der Waals surface area contributed by atoms with Gasteiger partial charge in [-0.15, -0.1) is 11.3 Å². The van der Waals surface area contributed by atoms with E-state index in [0.29, 0.717) is 17.7 Å². The molecule has 2 heterocycles.